The fourth-order valence-corrected chi connectivity index (χ4v) is 3.96. The molecule has 0 aliphatic carbocycles. The summed E-state index contributed by atoms with van der Waals surface area (Å²) in [6.07, 6.45) is 5.21. The molecule has 5 heteroatoms. The molecule has 4 nitrogen and oxygen atoms in total. The summed E-state index contributed by atoms with van der Waals surface area (Å²) in [4.78, 5) is 28.8. The van der Waals surface area contributed by atoms with E-state index < -0.39 is 6.04 Å². The lowest BCUT2D eigenvalue weighted by Crippen LogP contribution is -2.48. The van der Waals surface area contributed by atoms with E-state index in [0.29, 0.717) is 18.4 Å². The highest BCUT2D eigenvalue weighted by molar-refractivity contribution is 5.85. The molecule has 2 aliphatic rings. The summed E-state index contributed by atoms with van der Waals surface area (Å²) in [5.74, 6) is -0.659. The van der Waals surface area contributed by atoms with Crippen LogP contribution in [0.15, 0.2) is 24.3 Å². The van der Waals surface area contributed by atoms with E-state index in [9.17, 15) is 14.0 Å². The molecular weight excluding hydrogens is 307 g/mol. The number of halogens is 1. The van der Waals surface area contributed by atoms with Crippen molar-refractivity contribution in [3.8, 4) is 0 Å². The summed E-state index contributed by atoms with van der Waals surface area (Å²) in [7, 11) is 1.68. The zero-order chi connectivity index (χ0) is 17.1. The zero-order valence-electron chi connectivity index (χ0n) is 14.2. The smallest absolute Gasteiger partial charge is 0.228 e. The van der Waals surface area contributed by atoms with Gasteiger partial charge in [-0.25, -0.2) is 4.39 Å². The van der Waals surface area contributed by atoms with Crippen molar-refractivity contribution >= 4 is 11.8 Å². The number of likely N-dealkylation sites (tertiary alicyclic amines) is 2. The first-order valence-electron chi connectivity index (χ1n) is 8.88. The summed E-state index contributed by atoms with van der Waals surface area (Å²) >= 11 is 0. The number of nitrogens with zero attached hydrogens (tertiary/aromatic N) is 2. The van der Waals surface area contributed by atoms with Gasteiger partial charge in [0.2, 0.25) is 11.8 Å². The van der Waals surface area contributed by atoms with Crippen molar-refractivity contribution < 1.29 is 14.0 Å². The van der Waals surface area contributed by atoms with Crippen LogP contribution in [0.25, 0.3) is 0 Å². The zero-order valence-corrected chi connectivity index (χ0v) is 14.2. The second-order valence-corrected chi connectivity index (χ2v) is 6.86. The van der Waals surface area contributed by atoms with E-state index in [0.717, 1.165) is 38.8 Å². The van der Waals surface area contributed by atoms with Crippen molar-refractivity contribution in [2.24, 2.45) is 5.92 Å². The molecule has 3 rings (SSSR count). The van der Waals surface area contributed by atoms with E-state index in [1.165, 1.54) is 6.07 Å². The third-order valence-corrected chi connectivity index (χ3v) is 5.32. The Morgan fingerprint density at radius 2 is 1.79 bits per heavy atom. The average Bonchev–Trinajstić information content (AvgIpc) is 2.87. The van der Waals surface area contributed by atoms with Gasteiger partial charge in [0, 0.05) is 32.1 Å². The lowest BCUT2D eigenvalue weighted by molar-refractivity contribution is -0.146. The molecule has 0 bridgehead atoms. The van der Waals surface area contributed by atoms with E-state index in [-0.39, 0.29) is 23.5 Å². The number of hydrogen-bond donors (Lipinski definition) is 0. The molecule has 1 aromatic rings. The first-order chi connectivity index (χ1) is 11.6. The Labute approximate surface area is 142 Å². The third kappa shape index (κ3) is 3.30. The summed E-state index contributed by atoms with van der Waals surface area (Å²) in [6, 6.07) is 5.98. The Kier molecular flexibility index (Phi) is 5.17. The normalized spacial score (nSPS) is 25.5. The molecular formula is C19H25FN2O2. The maximum absolute atomic E-state index is 14.4. The van der Waals surface area contributed by atoms with Crippen LogP contribution >= 0.6 is 0 Å². The predicted octanol–water partition coefficient (Wildman–Crippen LogP) is 3.14. The van der Waals surface area contributed by atoms with Crippen molar-refractivity contribution in [1.29, 1.82) is 0 Å². The quantitative estimate of drug-likeness (QED) is 0.835. The van der Waals surface area contributed by atoms with E-state index in [1.54, 1.807) is 30.1 Å². The number of carbonyl (C=O) groups excluding carboxylic acids is 2. The molecule has 0 aromatic heterocycles. The fraction of sp³-hybridized carbons (Fsp3) is 0.579. The lowest BCUT2D eigenvalue weighted by atomic mass is 9.83. The van der Waals surface area contributed by atoms with E-state index >= 15 is 0 Å². The van der Waals surface area contributed by atoms with Crippen LogP contribution < -0.4 is 0 Å². The van der Waals surface area contributed by atoms with Crippen molar-refractivity contribution in [2.45, 2.75) is 44.6 Å². The van der Waals surface area contributed by atoms with E-state index in [4.69, 9.17) is 0 Å². The minimum absolute atomic E-state index is 0.0248. The number of carbonyl (C=O) groups is 2. The largest absolute Gasteiger partial charge is 0.342 e. The molecule has 130 valence electrons. The highest BCUT2D eigenvalue weighted by atomic mass is 19.1. The molecule has 0 spiro atoms. The average molecular weight is 332 g/mol. The molecule has 0 radical (unpaired) electrons. The lowest BCUT2D eigenvalue weighted by Gasteiger charge is -2.40. The van der Waals surface area contributed by atoms with Crippen molar-refractivity contribution in [3.63, 3.8) is 0 Å². The van der Waals surface area contributed by atoms with Crippen LogP contribution in [0.3, 0.4) is 0 Å². The van der Waals surface area contributed by atoms with Crippen molar-refractivity contribution in [2.75, 3.05) is 20.1 Å². The molecule has 2 heterocycles. The van der Waals surface area contributed by atoms with Gasteiger partial charge in [0.15, 0.2) is 0 Å². The van der Waals surface area contributed by atoms with Gasteiger partial charge in [-0.3, -0.25) is 9.59 Å². The van der Waals surface area contributed by atoms with Crippen LogP contribution in [-0.2, 0) is 9.59 Å². The molecule has 2 atom stereocenters. The summed E-state index contributed by atoms with van der Waals surface area (Å²) < 4.78 is 14.4. The van der Waals surface area contributed by atoms with E-state index in [2.05, 4.69) is 0 Å². The molecule has 2 amide bonds. The number of benzene rings is 1. The molecule has 2 aliphatic heterocycles. The number of amides is 2. The van der Waals surface area contributed by atoms with Crippen LogP contribution in [0, 0.1) is 11.7 Å². The minimum Gasteiger partial charge on any atom is -0.342 e. The number of hydrogen-bond acceptors (Lipinski definition) is 2. The summed E-state index contributed by atoms with van der Waals surface area (Å²) in [5.41, 5.74) is 0.446. The van der Waals surface area contributed by atoms with Crippen molar-refractivity contribution in [3.05, 3.63) is 35.6 Å². The maximum atomic E-state index is 14.4. The van der Waals surface area contributed by atoms with Gasteiger partial charge in [-0.05, 0) is 25.3 Å². The van der Waals surface area contributed by atoms with Crippen LogP contribution in [0.4, 0.5) is 4.39 Å². The highest BCUT2D eigenvalue weighted by Crippen LogP contribution is 2.38. The molecule has 0 unspecified atom stereocenters. The number of rotatable bonds is 2. The van der Waals surface area contributed by atoms with Gasteiger partial charge < -0.3 is 9.80 Å². The topological polar surface area (TPSA) is 40.6 Å². The Morgan fingerprint density at radius 3 is 2.46 bits per heavy atom. The molecule has 1 aromatic carbocycles. The molecule has 2 saturated heterocycles. The van der Waals surface area contributed by atoms with Gasteiger partial charge in [0.05, 0.1) is 12.0 Å². The molecule has 0 saturated carbocycles. The van der Waals surface area contributed by atoms with Crippen LogP contribution in [0.5, 0.6) is 0 Å². The van der Waals surface area contributed by atoms with E-state index in [1.807, 2.05) is 4.90 Å². The highest BCUT2D eigenvalue weighted by Gasteiger charge is 2.41. The molecule has 0 N–H and O–H groups in total. The standard InChI is InChI=1S/C19H25FN2O2/c1-21-17(23)11-10-15(18(21)14-8-4-5-9-16(14)20)19(24)22-12-6-2-3-7-13-22/h4-5,8-9,15,18H,2-3,6-7,10-13H2,1H3/t15-,18-/m0/s1. The van der Waals surface area contributed by atoms with Gasteiger partial charge >= 0.3 is 0 Å². The second-order valence-electron chi connectivity index (χ2n) is 6.86. The first-order valence-corrected chi connectivity index (χ1v) is 8.88. The molecule has 2 fully saturated rings. The second kappa shape index (κ2) is 7.32. The van der Waals surface area contributed by atoms with Gasteiger partial charge in [-0.15, -0.1) is 0 Å². The maximum Gasteiger partial charge on any atom is 0.228 e. The monoisotopic (exact) mass is 332 g/mol. The van der Waals surface area contributed by atoms with Gasteiger partial charge in [-0.1, -0.05) is 31.0 Å². The number of piperidine rings is 1. The third-order valence-electron chi connectivity index (χ3n) is 5.32. The van der Waals surface area contributed by atoms with Crippen LogP contribution in [0.2, 0.25) is 0 Å². The van der Waals surface area contributed by atoms with Gasteiger partial charge in [0.1, 0.15) is 5.82 Å². The molecule has 24 heavy (non-hydrogen) atoms. The first kappa shape index (κ1) is 16.9. The summed E-state index contributed by atoms with van der Waals surface area (Å²) in [6.45, 7) is 1.55. The fourth-order valence-electron chi connectivity index (χ4n) is 3.96. The van der Waals surface area contributed by atoms with Crippen molar-refractivity contribution in [1.82, 2.24) is 9.80 Å². The van der Waals surface area contributed by atoms with Gasteiger partial charge in [0.25, 0.3) is 0 Å². The SMILES string of the molecule is CN1C(=O)CC[C@H](C(=O)N2CCCCCC2)[C@@H]1c1ccccc1F. The Morgan fingerprint density at radius 1 is 1.12 bits per heavy atom. The Bertz CT molecular complexity index is 611. The Balaban J connectivity index is 1.90. The summed E-state index contributed by atoms with van der Waals surface area (Å²) in [5, 5.41) is 0. The van der Waals surface area contributed by atoms with Crippen LogP contribution in [-0.4, -0.2) is 41.8 Å². The predicted molar refractivity (Wildman–Crippen MR) is 89.7 cm³/mol. The van der Waals surface area contributed by atoms with Gasteiger partial charge in [-0.2, -0.15) is 0 Å². The van der Waals surface area contributed by atoms with Crippen LogP contribution in [0.1, 0.15) is 50.1 Å². The Hall–Kier alpha value is -1.91. The minimum atomic E-state index is -0.511.